The minimum Gasteiger partial charge on any atom is -0.462 e. The van der Waals surface area contributed by atoms with E-state index in [9.17, 15) is 9.59 Å². The van der Waals surface area contributed by atoms with Crippen LogP contribution in [-0.4, -0.2) is 42.3 Å². The molecule has 0 fully saturated rings. The quantitative estimate of drug-likeness (QED) is 0.366. The Kier molecular flexibility index (Phi) is 6.33. The molecule has 0 radical (unpaired) electrons. The maximum Gasteiger partial charge on any atom is 0.311 e. The largest absolute Gasteiger partial charge is 0.462 e. The van der Waals surface area contributed by atoms with Gasteiger partial charge in [-0.05, 0) is 53.7 Å². The maximum atomic E-state index is 12.0. The molecule has 3 atom stereocenters. The van der Waals surface area contributed by atoms with Crippen LogP contribution in [0.3, 0.4) is 0 Å². The maximum absolute atomic E-state index is 12.0. The fourth-order valence-electron chi connectivity index (χ4n) is 1.60. The molecule has 0 saturated heterocycles. The summed E-state index contributed by atoms with van der Waals surface area (Å²) in [6, 6.07) is 0. The molecular weight excluding hydrogens is 304 g/mol. The molecule has 1 rings (SSSR count). The van der Waals surface area contributed by atoms with E-state index in [0.29, 0.717) is 0 Å². The summed E-state index contributed by atoms with van der Waals surface area (Å²) in [7, 11) is 0. The third-order valence-corrected chi connectivity index (χ3v) is 3.08. The number of carbonyl (C=O) groups is 2. The lowest BCUT2D eigenvalue weighted by Crippen LogP contribution is -2.44. The van der Waals surface area contributed by atoms with Crippen LogP contribution >= 0.6 is 0 Å². The summed E-state index contributed by atoms with van der Waals surface area (Å²) in [6.07, 6.45) is 0.459. The van der Waals surface area contributed by atoms with Crippen molar-refractivity contribution in [1.82, 2.24) is 0 Å². The Labute approximate surface area is 136 Å². The second-order valence-electron chi connectivity index (χ2n) is 7.50. The summed E-state index contributed by atoms with van der Waals surface area (Å²) >= 11 is 0. The van der Waals surface area contributed by atoms with Crippen LogP contribution in [-0.2, 0) is 28.7 Å². The van der Waals surface area contributed by atoms with Crippen molar-refractivity contribution in [3.63, 3.8) is 0 Å². The summed E-state index contributed by atoms with van der Waals surface area (Å²) in [5, 5.41) is 8.72. The number of carbonyl (C=O) groups excluding carboxylic acids is 2. The minimum absolute atomic E-state index is 0.123. The van der Waals surface area contributed by atoms with Gasteiger partial charge in [0.1, 0.15) is 18.8 Å². The molecule has 0 aromatic rings. The van der Waals surface area contributed by atoms with E-state index in [-0.39, 0.29) is 6.61 Å². The molecule has 0 spiro atoms. The van der Waals surface area contributed by atoms with Gasteiger partial charge >= 0.3 is 11.9 Å². The lowest BCUT2D eigenvalue weighted by molar-refractivity contribution is -0.345. The fraction of sp³-hybridized carbons (Fsp3) is 0.750. The monoisotopic (exact) mass is 330 g/mol. The Morgan fingerprint density at radius 2 is 1.61 bits per heavy atom. The molecule has 1 aliphatic heterocycles. The van der Waals surface area contributed by atoms with Gasteiger partial charge in [0, 0.05) is 0 Å². The summed E-state index contributed by atoms with van der Waals surface area (Å²) in [5.41, 5.74) is -1.33. The van der Waals surface area contributed by atoms with Gasteiger partial charge in [0.2, 0.25) is 6.29 Å². The number of rotatable bonds is 4. The zero-order valence-corrected chi connectivity index (χ0v) is 14.5. The van der Waals surface area contributed by atoms with Gasteiger partial charge in [-0.2, -0.15) is 0 Å². The Balaban J connectivity index is 2.76. The highest BCUT2D eigenvalue weighted by Crippen LogP contribution is 2.23. The van der Waals surface area contributed by atoms with Crippen molar-refractivity contribution in [2.45, 2.75) is 60.0 Å². The zero-order valence-electron chi connectivity index (χ0n) is 14.5. The Morgan fingerprint density at radius 3 is 2.09 bits per heavy atom. The van der Waals surface area contributed by atoms with Gasteiger partial charge in [0.05, 0.1) is 10.8 Å². The topological polar surface area (TPSA) is 91.3 Å². The standard InChI is InChI=1S/C16H26O7/c1-15(2,3)13(17)20-9-11-10(7-8-12(21-11)23-19)22-14(18)16(4,5)6/h7-8,10-12,19H,9H2,1-6H3/t10-,11+,12-/m0/s1. The van der Waals surface area contributed by atoms with Crippen molar-refractivity contribution in [3.05, 3.63) is 12.2 Å². The van der Waals surface area contributed by atoms with Crippen LogP contribution in [0.25, 0.3) is 0 Å². The van der Waals surface area contributed by atoms with E-state index in [0.717, 1.165) is 0 Å². The molecule has 0 unspecified atom stereocenters. The molecule has 0 aromatic carbocycles. The van der Waals surface area contributed by atoms with Gasteiger partial charge in [-0.3, -0.25) is 9.59 Å². The van der Waals surface area contributed by atoms with Crippen LogP contribution in [0.15, 0.2) is 12.2 Å². The van der Waals surface area contributed by atoms with E-state index in [1.54, 1.807) is 47.6 Å². The highest BCUT2D eigenvalue weighted by atomic mass is 17.1. The summed E-state index contributed by atoms with van der Waals surface area (Å²) < 4.78 is 16.0. The molecule has 0 aromatic heterocycles. The summed E-state index contributed by atoms with van der Waals surface area (Å²) in [6.45, 7) is 10.3. The highest BCUT2D eigenvalue weighted by Gasteiger charge is 2.35. The van der Waals surface area contributed by atoms with Gasteiger partial charge in [0.15, 0.2) is 0 Å². The van der Waals surface area contributed by atoms with Crippen LogP contribution in [0.1, 0.15) is 41.5 Å². The molecule has 0 amide bonds. The summed E-state index contributed by atoms with van der Waals surface area (Å²) in [5.74, 6) is -0.815. The van der Waals surface area contributed by atoms with Crippen LogP contribution in [0, 0.1) is 10.8 Å². The first-order valence-electron chi connectivity index (χ1n) is 7.47. The first-order valence-corrected chi connectivity index (χ1v) is 7.47. The van der Waals surface area contributed by atoms with Gasteiger partial charge in [-0.15, -0.1) is 0 Å². The van der Waals surface area contributed by atoms with E-state index in [1.165, 1.54) is 6.08 Å². The Bertz CT molecular complexity index is 456. The van der Waals surface area contributed by atoms with Crippen molar-refractivity contribution in [1.29, 1.82) is 0 Å². The van der Waals surface area contributed by atoms with Gasteiger partial charge in [-0.25, -0.2) is 10.1 Å². The zero-order chi connectivity index (χ0) is 17.8. The highest BCUT2D eigenvalue weighted by molar-refractivity contribution is 5.76. The molecule has 1 heterocycles. The SMILES string of the molecule is CC(C)(C)C(=O)OC[C@H]1O[C@@H](OO)C=C[C@@H]1OC(=O)C(C)(C)C. The molecule has 1 aliphatic rings. The van der Waals surface area contributed by atoms with Crippen molar-refractivity contribution < 1.29 is 33.9 Å². The van der Waals surface area contributed by atoms with Crippen LogP contribution in [0.2, 0.25) is 0 Å². The number of hydrogen-bond acceptors (Lipinski definition) is 7. The van der Waals surface area contributed by atoms with Gasteiger partial charge in [0.25, 0.3) is 0 Å². The normalized spacial score (nSPS) is 25.1. The Morgan fingerprint density at radius 1 is 1.04 bits per heavy atom. The van der Waals surface area contributed by atoms with Crippen molar-refractivity contribution >= 4 is 11.9 Å². The molecule has 7 heteroatoms. The average Bonchev–Trinajstić information content (AvgIpc) is 2.43. The van der Waals surface area contributed by atoms with Crippen LogP contribution in [0.4, 0.5) is 0 Å². The molecule has 0 bridgehead atoms. The van der Waals surface area contributed by atoms with Gasteiger partial charge in [-0.1, -0.05) is 0 Å². The second kappa shape index (κ2) is 7.42. The minimum atomic E-state index is -1.00. The fourth-order valence-corrected chi connectivity index (χ4v) is 1.60. The third kappa shape index (κ3) is 5.93. The molecule has 23 heavy (non-hydrogen) atoms. The number of hydrogen-bond donors (Lipinski definition) is 1. The van der Waals surface area contributed by atoms with Gasteiger partial charge < -0.3 is 14.2 Å². The van der Waals surface area contributed by atoms with E-state index in [1.807, 2.05) is 0 Å². The lowest BCUT2D eigenvalue weighted by atomic mass is 9.97. The van der Waals surface area contributed by atoms with E-state index >= 15 is 0 Å². The third-order valence-electron chi connectivity index (χ3n) is 3.08. The number of esters is 2. The molecular formula is C16H26O7. The molecule has 0 saturated carbocycles. The summed E-state index contributed by atoms with van der Waals surface area (Å²) in [4.78, 5) is 28.0. The molecule has 7 nitrogen and oxygen atoms in total. The predicted octanol–water partition coefficient (Wildman–Crippen LogP) is 2.30. The van der Waals surface area contributed by atoms with E-state index < -0.39 is 41.3 Å². The smallest absolute Gasteiger partial charge is 0.311 e. The molecule has 0 aliphatic carbocycles. The van der Waals surface area contributed by atoms with Crippen molar-refractivity contribution in [2.24, 2.45) is 10.8 Å². The first kappa shape index (κ1) is 19.6. The van der Waals surface area contributed by atoms with Crippen molar-refractivity contribution in [2.75, 3.05) is 6.61 Å². The van der Waals surface area contributed by atoms with Crippen molar-refractivity contribution in [3.8, 4) is 0 Å². The lowest BCUT2D eigenvalue weighted by Gasteiger charge is -2.32. The predicted molar refractivity (Wildman–Crippen MR) is 81.3 cm³/mol. The number of ether oxygens (including phenoxy) is 3. The average molecular weight is 330 g/mol. The Hall–Kier alpha value is -1.44. The second-order valence-corrected chi connectivity index (χ2v) is 7.50. The molecule has 1 N–H and O–H groups in total. The van der Waals surface area contributed by atoms with Crippen LogP contribution < -0.4 is 0 Å². The first-order chi connectivity index (χ1) is 10.4. The van der Waals surface area contributed by atoms with E-state index in [2.05, 4.69) is 4.89 Å². The molecule has 132 valence electrons. The van der Waals surface area contributed by atoms with Crippen LogP contribution in [0.5, 0.6) is 0 Å². The van der Waals surface area contributed by atoms with E-state index in [4.69, 9.17) is 19.5 Å².